The molecular formula is C11H13ClO2. The van der Waals surface area contributed by atoms with Gasteiger partial charge in [-0.1, -0.05) is 12.1 Å². The fourth-order valence-electron chi connectivity index (χ4n) is 1.07. The second kappa shape index (κ2) is 5.01. The highest BCUT2D eigenvalue weighted by molar-refractivity contribution is 6.28. The molecule has 1 atom stereocenters. The van der Waals surface area contributed by atoms with Crippen molar-refractivity contribution < 1.29 is 9.53 Å². The number of benzene rings is 1. The minimum Gasteiger partial charge on any atom is -0.483 e. The Morgan fingerprint density at radius 3 is 2.86 bits per heavy atom. The van der Waals surface area contributed by atoms with Gasteiger partial charge in [-0.05, 0) is 31.5 Å². The van der Waals surface area contributed by atoms with Crippen molar-refractivity contribution in [1.29, 1.82) is 0 Å². The van der Waals surface area contributed by atoms with Crippen LogP contribution < -0.4 is 4.74 Å². The molecule has 0 fully saturated rings. The number of hydrogen-bond donors (Lipinski definition) is 0. The van der Waals surface area contributed by atoms with Gasteiger partial charge in [0.2, 0.25) is 0 Å². The van der Waals surface area contributed by atoms with E-state index in [-0.39, 0.29) is 11.7 Å². The Hall–Kier alpha value is -1.02. The Balaban J connectivity index is 2.64. The molecule has 0 aliphatic heterocycles. The lowest BCUT2D eigenvalue weighted by atomic mass is 10.2. The predicted octanol–water partition coefficient (Wildman–Crippen LogP) is 2.57. The highest BCUT2D eigenvalue weighted by Crippen LogP contribution is 2.14. The monoisotopic (exact) mass is 212 g/mol. The minimum absolute atomic E-state index is 0.00696. The van der Waals surface area contributed by atoms with E-state index in [0.29, 0.717) is 5.75 Å². The molecule has 0 bridgehead atoms. The maximum absolute atomic E-state index is 11.1. The quantitative estimate of drug-likeness (QED) is 0.718. The lowest BCUT2D eigenvalue weighted by Crippen LogP contribution is -2.24. The lowest BCUT2D eigenvalue weighted by Gasteiger charge is -2.12. The predicted molar refractivity (Wildman–Crippen MR) is 57.0 cm³/mol. The van der Waals surface area contributed by atoms with Crippen molar-refractivity contribution in [3.63, 3.8) is 0 Å². The third-order valence-corrected chi connectivity index (χ3v) is 2.15. The van der Waals surface area contributed by atoms with Crippen molar-refractivity contribution in [3.05, 3.63) is 29.8 Å². The molecule has 1 rings (SSSR count). The maximum Gasteiger partial charge on any atom is 0.187 e. The van der Waals surface area contributed by atoms with Crippen LogP contribution in [0.3, 0.4) is 0 Å². The number of ketones is 1. The number of aryl methyl sites for hydroxylation is 1. The van der Waals surface area contributed by atoms with Crippen LogP contribution >= 0.6 is 11.6 Å². The van der Waals surface area contributed by atoms with Gasteiger partial charge in [-0.2, -0.15) is 0 Å². The number of Topliss-reactive ketones (excluding diaryl/α,β-unsaturated/α-hetero) is 1. The Kier molecular flexibility index (Phi) is 3.96. The number of carbonyl (C=O) groups is 1. The normalized spacial score (nSPS) is 12.2. The fraction of sp³-hybridized carbons (Fsp3) is 0.364. The summed E-state index contributed by atoms with van der Waals surface area (Å²) in [7, 11) is 0. The number of ether oxygens (including phenoxy) is 1. The van der Waals surface area contributed by atoms with E-state index in [2.05, 4.69) is 0 Å². The molecule has 0 spiro atoms. The fourth-order valence-corrected chi connectivity index (χ4v) is 1.28. The average Bonchev–Trinajstić information content (AvgIpc) is 2.16. The molecule has 2 nitrogen and oxygen atoms in total. The third kappa shape index (κ3) is 3.04. The molecule has 0 amide bonds. The van der Waals surface area contributed by atoms with E-state index in [0.717, 1.165) is 5.56 Å². The van der Waals surface area contributed by atoms with E-state index in [1.54, 1.807) is 6.92 Å². The van der Waals surface area contributed by atoms with Gasteiger partial charge in [0.15, 0.2) is 11.9 Å². The molecule has 1 aromatic carbocycles. The molecule has 1 unspecified atom stereocenters. The van der Waals surface area contributed by atoms with Gasteiger partial charge in [0.05, 0.1) is 5.88 Å². The van der Waals surface area contributed by atoms with Gasteiger partial charge in [-0.25, -0.2) is 0 Å². The van der Waals surface area contributed by atoms with E-state index in [1.807, 2.05) is 31.2 Å². The van der Waals surface area contributed by atoms with E-state index >= 15 is 0 Å². The van der Waals surface area contributed by atoms with Crippen molar-refractivity contribution in [2.45, 2.75) is 20.0 Å². The topological polar surface area (TPSA) is 26.3 Å². The summed E-state index contributed by atoms with van der Waals surface area (Å²) in [5.41, 5.74) is 1.10. The van der Waals surface area contributed by atoms with Crippen molar-refractivity contribution >= 4 is 17.4 Å². The van der Waals surface area contributed by atoms with Crippen LogP contribution in [0.5, 0.6) is 5.75 Å². The second-order valence-corrected chi connectivity index (χ2v) is 3.44. The van der Waals surface area contributed by atoms with E-state index in [9.17, 15) is 4.79 Å². The summed E-state index contributed by atoms with van der Waals surface area (Å²) in [6, 6.07) is 7.58. The number of alkyl halides is 1. The molecule has 76 valence electrons. The Morgan fingerprint density at radius 1 is 1.57 bits per heavy atom. The molecule has 0 N–H and O–H groups in total. The van der Waals surface area contributed by atoms with Crippen LogP contribution in [0.15, 0.2) is 24.3 Å². The van der Waals surface area contributed by atoms with Crippen molar-refractivity contribution in [3.8, 4) is 5.75 Å². The van der Waals surface area contributed by atoms with Gasteiger partial charge >= 0.3 is 0 Å². The van der Waals surface area contributed by atoms with Crippen molar-refractivity contribution in [2.24, 2.45) is 0 Å². The highest BCUT2D eigenvalue weighted by atomic mass is 35.5. The first-order valence-electron chi connectivity index (χ1n) is 4.45. The molecule has 0 saturated heterocycles. The van der Waals surface area contributed by atoms with Crippen molar-refractivity contribution in [2.75, 3.05) is 5.88 Å². The SMILES string of the molecule is Cc1cccc(OC(C)C(=O)CCl)c1. The molecule has 1 aromatic rings. The standard InChI is InChI=1S/C11H13ClO2/c1-8-4-3-5-10(6-8)14-9(2)11(13)7-12/h3-6,9H,7H2,1-2H3. The summed E-state index contributed by atoms with van der Waals surface area (Å²) < 4.78 is 5.41. The van der Waals surface area contributed by atoms with Gasteiger partial charge in [-0.15, -0.1) is 11.6 Å². The molecule has 0 aliphatic rings. The maximum atomic E-state index is 11.1. The van der Waals surface area contributed by atoms with Crippen LogP contribution in [0, 0.1) is 6.92 Å². The molecule has 0 heterocycles. The molecule has 0 aromatic heterocycles. The second-order valence-electron chi connectivity index (χ2n) is 3.18. The van der Waals surface area contributed by atoms with Crippen LogP contribution in [0.4, 0.5) is 0 Å². The zero-order valence-corrected chi connectivity index (χ0v) is 9.04. The largest absolute Gasteiger partial charge is 0.483 e. The third-order valence-electron chi connectivity index (χ3n) is 1.89. The Bertz CT molecular complexity index is 323. The molecule has 14 heavy (non-hydrogen) atoms. The zero-order valence-electron chi connectivity index (χ0n) is 8.29. The first-order chi connectivity index (χ1) is 6.63. The summed E-state index contributed by atoms with van der Waals surface area (Å²) in [6.45, 7) is 3.67. The number of carbonyl (C=O) groups excluding carboxylic acids is 1. The van der Waals surface area contributed by atoms with Crippen molar-refractivity contribution in [1.82, 2.24) is 0 Å². The van der Waals surface area contributed by atoms with Crippen LogP contribution in [0.2, 0.25) is 0 Å². The smallest absolute Gasteiger partial charge is 0.187 e. The van der Waals surface area contributed by atoms with Gasteiger partial charge in [0, 0.05) is 0 Å². The number of hydrogen-bond acceptors (Lipinski definition) is 2. The van der Waals surface area contributed by atoms with Gasteiger partial charge in [0.1, 0.15) is 5.75 Å². The van der Waals surface area contributed by atoms with Crippen LogP contribution in [0.25, 0.3) is 0 Å². The van der Waals surface area contributed by atoms with Gasteiger partial charge < -0.3 is 4.74 Å². The summed E-state index contributed by atoms with van der Waals surface area (Å²) in [6.07, 6.45) is -0.478. The van der Waals surface area contributed by atoms with Gasteiger partial charge in [0.25, 0.3) is 0 Å². The lowest BCUT2D eigenvalue weighted by molar-refractivity contribution is -0.122. The highest BCUT2D eigenvalue weighted by Gasteiger charge is 2.12. The number of halogens is 1. The molecule has 3 heteroatoms. The summed E-state index contributed by atoms with van der Waals surface area (Å²) in [5, 5.41) is 0. The van der Waals surface area contributed by atoms with E-state index < -0.39 is 6.10 Å². The van der Waals surface area contributed by atoms with Crippen LogP contribution in [0.1, 0.15) is 12.5 Å². The van der Waals surface area contributed by atoms with Crippen LogP contribution in [-0.4, -0.2) is 17.8 Å². The minimum atomic E-state index is -0.478. The molecular weight excluding hydrogens is 200 g/mol. The number of rotatable bonds is 4. The average molecular weight is 213 g/mol. The van der Waals surface area contributed by atoms with Gasteiger partial charge in [-0.3, -0.25) is 4.79 Å². The first-order valence-corrected chi connectivity index (χ1v) is 4.99. The molecule has 0 aliphatic carbocycles. The van der Waals surface area contributed by atoms with E-state index in [1.165, 1.54) is 0 Å². The Labute approximate surface area is 88.8 Å². The van der Waals surface area contributed by atoms with Crippen LogP contribution in [-0.2, 0) is 4.79 Å². The molecule has 0 saturated carbocycles. The summed E-state index contributed by atoms with van der Waals surface area (Å²) in [4.78, 5) is 11.1. The zero-order chi connectivity index (χ0) is 10.6. The Morgan fingerprint density at radius 2 is 2.29 bits per heavy atom. The summed E-state index contributed by atoms with van der Waals surface area (Å²) >= 11 is 5.41. The summed E-state index contributed by atoms with van der Waals surface area (Å²) in [5.74, 6) is 0.594. The first kappa shape index (κ1) is 11.1. The molecule has 0 radical (unpaired) electrons. The van der Waals surface area contributed by atoms with E-state index in [4.69, 9.17) is 16.3 Å².